The Morgan fingerprint density at radius 2 is 1.79 bits per heavy atom. The first-order valence-corrected chi connectivity index (χ1v) is 11.9. The molecule has 1 aliphatic heterocycles. The first-order chi connectivity index (χ1) is 16.5. The van der Waals surface area contributed by atoms with E-state index in [1.807, 2.05) is 54.6 Å². The summed E-state index contributed by atoms with van der Waals surface area (Å²) in [5.74, 6) is -0.142. The number of hydrogen-bond donors (Lipinski definition) is 2. The van der Waals surface area contributed by atoms with Crippen molar-refractivity contribution in [1.82, 2.24) is 10.3 Å². The molecule has 0 atom stereocenters. The number of carbonyl (C=O) groups is 1. The van der Waals surface area contributed by atoms with Gasteiger partial charge in [-0.1, -0.05) is 53.5 Å². The molecule has 1 aromatic heterocycles. The maximum absolute atomic E-state index is 12.4. The van der Waals surface area contributed by atoms with Gasteiger partial charge < -0.3 is 10.2 Å². The number of nitrogens with zero attached hydrogens (tertiary/aromatic N) is 3. The zero-order valence-electron chi connectivity index (χ0n) is 18.7. The molecule has 34 heavy (non-hydrogen) atoms. The monoisotopic (exact) mass is 497 g/mol. The third-order valence-electron chi connectivity index (χ3n) is 5.94. The predicted molar refractivity (Wildman–Crippen MR) is 136 cm³/mol. The number of rotatable bonds is 7. The van der Waals surface area contributed by atoms with Gasteiger partial charge in [-0.25, -0.2) is 5.21 Å². The van der Waals surface area contributed by atoms with Crippen LogP contribution in [0.5, 0.6) is 0 Å². The summed E-state index contributed by atoms with van der Waals surface area (Å²) in [6, 6.07) is 18.7. The SMILES string of the molecule is O=C(NCC=CC[N+]1(O)CCN(c2cccc(Cl)c2Cl)CC1)c1ccc(-c2ccccn2)cc1. The van der Waals surface area contributed by atoms with E-state index in [4.69, 9.17) is 23.2 Å². The van der Waals surface area contributed by atoms with Gasteiger partial charge in [-0.3, -0.25) is 9.78 Å². The summed E-state index contributed by atoms with van der Waals surface area (Å²) < 4.78 is -0.0475. The molecule has 0 unspecified atom stereocenters. The molecule has 0 bridgehead atoms. The number of carbonyl (C=O) groups excluding carboxylic acids is 1. The average Bonchev–Trinajstić information content (AvgIpc) is 2.87. The topological polar surface area (TPSA) is 65.5 Å². The van der Waals surface area contributed by atoms with E-state index in [1.165, 1.54) is 0 Å². The highest BCUT2D eigenvalue weighted by Gasteiger charge is 2.31. The van der Waals surface area contributed by atoms with Crippen LogP contribution in [0, 0.1) is 0 Å². The van der Waals surface area contributed by atoms with Crippen LogP contribution in [0.2, 0.25) is 10.0 Å². The first-order valence-electron chi connectivity index (χ1n) is 11.2. The Morgan fingerprint density at radius 1 is 1.03 bits per heavy atom. The number of nitrogens with one attached hydrogen (secondary N) is 1. The van der Waals surface area contributed by atoms with Crippen LogP contribution in [-0.4, -0.2) is 60.0 Å². The number of hydrogen-bond acceptors (Lipinski definition) is 4. The largest absolute Gasteiger partial charge is 0.359 e. The number of quaternary nitrogens is 1. The molecule has 2 aromatic carbocycles. The molecule has 0 saturated carbocycles. The molecule has 2 N–H and O–H groups in total. The van der Waals surface area contributed by atoms with E-state index in [2.05, 4.69) is 15.2 Å². The van der Waals surface area contributed by atoms with Crippen molar-refractivity contribution in [2.45, 2.75) is 0 Å². The van der Waals surface area contributed by atoms with Crippen LogP contribution in [0.25, 0.3) is 11.3 Å². The number of hydroxylamine groups is 3. The third kappa shape index (κ3) is 5.96. The van der Waals surface area contributed by atoms with Gasteiger partial charge in [-0.2, -0.15) is 4.65 Å². The lowest BCUT2D eigenvalue weighted by atomic mass is 10.1. The van der Waals surface area contributed by atoms with E-state index in [-0.39, 0.29) is 10.6 Å². The molecule has 1 amide bonds. The zero-order valence-corrected chi connectivity index (χ0v) is 20.2. The number of benzene rings is 2. The second kappa shape index (κ2) is 11.0. The highest BCUT2D eigenvalue weighted by atomic mass is 35.5. The van der Waals surface area contributed by atoms with Gasteiger partial charge in [0.25, 0.3) is 5.91 Å². The van der Waals surface area contributed by atoms with Crippen LogP contribution < -0.4 is 10.2 Å². The summed E-state index contributed by atoms with van der Waals surface area (Å²) >= 11 is 12.5. The van der Waals surface area contributed by atoms with E-state index >= 15 is 0 Å². The molecule has 1 aliphatic rings. The number of halogens is 2. The summed E-state index contributed by atoms with van der Waals surface area (Å²) in [6.07, 6.45) is 5.53. The quantitative estimate of drug-likeness (QED) is 0.353. The van der Waals surface area contributed by atoms with Crippen molar-refractivity contribution >= 4 is 34.8 Å². The Bertz CT molecular complexity index is 1150. The highest BCUT2D eigenvalue weighted by Crippen LogP contribution is 2.33. The smallest absolute Gasteiger partial charge is 0.251 e. The minimum atomic E-state index is -0.142. The van der Waals surface area contributed by atoms with Crippen LogP contribution in [0.15, 0.2) is 79.0 Å². The van der Waals surface area contributed by atoms with Crippen molar-refractivity contribution in [3.05, 3.63) is 94.6 Å². The fourth-order valence-corrected chi connectivity index (χ4v) is 4.35. The Kier molecular flexibility index (Phi) is 7.85. The third-order valence-corrected chi connectivity index (χ3v) is 6.75. The van der Waals surface area contributed by atoms with Crippen molar-refractivity contribution in [2.75, 3.05) is 44.2 Å². The zero-order chi connectivity index (χ0) is 24.0. The fourth-order valence-electron chi connectivity index (χ4n) is 3.93. The molecule has 0 spiro atoms. The van der Waals surface area contributed by atoms with Gasteiger partial charge in [-0.15, -0.1) is 0 Å². The Labute approximate surface area is 209 Å². The lowest BCUT2D eigenvalue weighted by Gasteiger charge is -2.39. The minimum Gasteiger partial charge on any atom is -0.359 e. The number of aromatic nitrogens is 1. The molecule has 2 heterocycles. The number of piperazine rings is 1. The van der Waals surface area contributed by atoms with Crippen molar-refractivity contribution < 1.29 is 14.6 Å². The predicted octanol–water partition coefficient (Wildman–Crippen LogP) is 5.07. The second-order valence-corrected chi connectivity index (χ2v) is 9.04. The summed E-state index contributed by atoms with van der Waals surface area (Å²) in [7, 11) is 0. The molecule has 0 radical (unpaired) electrons. The molecule has 6 nitrogen and oxygen atoms in total. The lowest BCUT2D eigenvalue weighted by Crippen LogP contribution is -2.57. The molecule has 1 saturated heterocycles. The van der Waals surface area contributed by atoms with Crippen molar-refractivity contribution in [2.24, 2.45) is 0 Å². The second-order valence-electron chi connectivity index (χ2n) is 8.26. The van der Waals surface area contributed by atoms with Gasteiger partial charge in [0.2, 0.25) is 0 Å². The van der Waals surface area contributed by atoms with E-state index in [0.717, 1.165) is 16.9 Å². The molecule has 3 aromatic rings. The number of anilines is 1. The van der Waals surface area contributed by atoms with Gasteiger partial charge >= 0.3 is 0 Å². The van der Waals surface area contributed by atoms with Gasteiger partial charge in [-0.05, 0) is 42.5 Å². The van der Waals surface area contributed by atoms with Crippen LogP contribution in [0.4, 0.5) is 5.69 Å². The summed E-state index contributed by atoms with van der Waals surface area (Å²) in [4.78, 5) is 18.9. The fraction of sp³-hybridized carbons (Fsp3) is 0.231. The van der Waals surface area contributed by atoms with Crippen LogP contribution in [0.3, 0.4) is 0 Å². The van der Waals surface area contributed by atoms with E-state index < -0.39 is 0 Å². The Morgan fingerprint density at radius 3 is 2.50 bits per heavy atom. The van der Waals surface area contributed by atoms with Crippen molar-refractivity contribution in [3.63, 3.8) is 0 Å². The number of amides is 1. The van der Waals surface area contributed by atoms with E-state index in [1.54, 1.807) is 24.4 Å². The molecule has 0 aliphatic carbocycles. The lowest BCUT2D eigenvalue weighted by molar-refractivity contribution is -1.10. The summed E-state index contributed by atoms with van der Waals surface area (Å²) in [5.41, 5.74) is 3.32. The molecular formula is C26H27Cl2N4O2+. The first kappa shape index (κ1) is 24.2. The minimum absolute atomic E-state index is 0.0475. The Balaban J connectivity index is 1.22. The maximum atomic E-state index is 12.4. The van der Waals surface area contributed by atoms with Crippen LogP contribution >= 0.6 is 23.2 Å². The molecular weight excluding hydrogens is 471 g/mol. The van der Waals surface area contributed by atoms with Crippen LogP contribution in [0.1, 0.15) is 10.4 Å². The van der Waals surface area contributed by atoms with Gasteiger partial charge in [0.05, 0.1) is 34.5 Å². The van der Waals surface area contributed by atoms with Gasteiger partial charge in [0, 0.05) is 23.9 Å². The van der Waals surface area contributed by atoms with E-state index in [0.29, 0.717) is 54.9 Å². The average molecular weight is 498 g/mol. The van der Waals surface area contributed by atoms with Crippen LogP contribution in [-0.2, 0) is 0 Å². The van der Waals surface area contributed by atoms with Crippen molar-refractivity contribution in [3.8, 4) is 11.3 Å². The normalized spacial score (nSPS) is 15.4. The van der Waals surface area contributed by atoms with Gasteiger partial charge in [0.1, 0.15) is 19.6 Å². The Hall–Kier alpha value is -2.90. The molecule has 1 fully saturated rings. The summed E-state index contributed by atoms with van der Waals surface area (Å²) in [6.45, 7) is 3.37. The maximum Gasteiger partial charge on any atom is 0.251 e. The molecule has 4 rings (SSSR count). The standard InChI is InChI=1S/C26H26Cl2N4O2/c27-22-6-5-8-24(25(22)28)31-15-18-32(34,19-16-31)17-4-3-14-30-26(33)21-11-9-20(10-12-21)23-7-1-2-13-29-23/h1-13,34H,14-19H2/p+1. The van der Waals surface area contributed by atoms with Crippen molar-refractivity contribution in [1.29, 1.82) is 0 Å². The van der Waals surface area contributed by atoms with E-state index in [9.17, 15) is 10.0 Å². The number of pyridine rings is 1. The molecule has 176 valence electrons. The van der Waals surface area contributed by atoms with Gasteiger partial charge in [0.15, 0.2) is 0 Å². The summed E-state index contributed by atoms with van der Waals surface area (Å²) in [5, 5.41) is 14.8. The highest BCUT2D eigenvalue weighted by molar-refractivity contribution is 6.43. The molecule has 8 heteroatoms.